The standard InChI is InChI=1S/C13H20N2O/c1-2-15(11-13-6-4-8-16-13)10-12-5-3-7-14-9-12/h3,5,7,9,13H,2,4,6,8,10-11H2,1H3/t13-/m0/s1. The van der Waals surface area contributed by atoms with Crippen LogP contribution in [0.1, 0.15) is 25.3 Å². The Morgan fingerprint density at radius 3 is 3.12 bits per heavy atom. The van der Waals surface area contributed by atoms with Gasteiger partial charge in [-0.05, 0) is 31.0 Å². The van der Waals surface area contributed by atoms with Crippen molar-refractivity contribution in [3.8, 4) is 0 Å². The molecule has 1 saturated heterocycles. The van der Waals surface area contributed by atoms with Crippen LogP contribution in [0.4, 0.5) is 0 Å². The second kappa shape index (κ2) is 5.97. The Bertz CT molecular complexity index is 296. The van der Waals surface area contributed by atoms with Crippen LogP contribution in [0, 0.1) is 0 Å². The Hall–Kier alpha value is -0.930. The Balaban J connectivity index is 1.85. The highest BCUT2D eigenvalue weighted by atomic mass is 16.5. The van der Waals surface area contributed by atoms with Crippen LogP contribution in [0.2, 0.25) is 0 Å². The highest BCUT2D eigenvalue weighted by Gasteiger charge is 2.18. The SMILES string of the molecule is CCN(Cc1cccnc1)C[C@@H]1CCCO1. The van der Waals surface area contributed by atoms with Gasteiger partial charge in [0.25, 0.3) is 0 Å². The second-order valence-corrected chi connectivity index (χ2v) is 4.32. The fourth-order valence-electron chi connectivity index (χ4n) is 2.13. The van der Waals surface area contributed by atoms with Crippen molar-refractivity contribution in [3.05, 3.63) is 30.1 Å². The van der Waals surface area contributed by atoms with E-state index < -0.39 is 0 Å². The van der Waals surface area contributed by atoms with E-state index in [1.165, 1.54) is 18.4 Å². The summed E-state index contributed by atoms with van der Waals surface area (Å²) >= 11 is 0. The monoisotopic (exact) mass is 220 g/mol. The van der Waals surface area contributed by atoms with Gasteiger partial charge in [-0.25, -0.2) is 0 Å². The van der Waals surface area contributed by atoms with Crippen molar-refractivity contribution < 1.29 is 4.74 Å². The molecule has 3 heteroatoms. The second-order valence-electron chi connectivity index (χ2n) is 4.32. The maximum atomic E-state index is 5.67. The summed E-state index contributed by atoms with van der Waals surface area (Å²) in [5.74, 6) is 0. The largest absolute Gasteiger partial charge is 0.377 e. The van der Waals surface area contributed by atoms with Crippen LogP contribution in [0.5, 0.6) is 0 Å². The molecular weight excluding hydrogens is 200 g/mol. The van der Waals surface area contributed by atoms with Crippen LogP contribution in [0.3, 0.4) is 0 Å². The molecule has 88 valence electrons. The van der Waals surface area contributed by atoms with E-state index in [2.05, 4.69) is 22.9 Å². The number of hydrogen-bond donors (Lipinski definition) is 0. The average molecular weight is 220 g/mol. The molecule has 0 aromatic carbocycles. The van der Waals surface area contributed by atoms with Crippen molar-refractivity contribution in [3.63, 3.8) is 0 Å². The van der Waals surface area contributed by atoms with Gasteiger partial charge in [0.15, 0.2) is 0 Å². The van der Waals surface area contributed by atoms with Gasteiger partial charge in [-0.2, -0.15) is 0 Å². The lowest BCUT2D eigenvalue weighted by molar-refractivity contribution is 0.0724. The van der Waals surface area contributed by atoms with Crippen LogP contribution in [-0.2, 0) is 11.3 Å². The highest BCUT2D eigenvalue weighted by Crippen LogP contribution is 2.14. The molecule has 1 atom stereocenters. The van der Waals surface area contributed by atoms with E-state index in [0.29, 0.717) is 6.10 Å². The zero-order valence-electron chi connectivity index (χ0n) is 9.93. The third kappa shape index (κ3) is 3.29. The molecule has 0 N–H and O–H groups in total. The van der Waals surface area contributed by atoms with Gasteiger partial charge >= 0.3 is 0 Å². The molecule has 0 aliphatic carbocycles. The molecule has 16 heavy (non-hydrogen) atoms. The average Bonchev–Trinajstić information content (AvgIpc) is 2.82. The number of nitrogens with zero attached hydrogens (tertiary/aromatic N) is 2. The molecule has 0 bridgehead atoms. The van der Waals surface area contributed by atoms with E-state index in [-0.39, 0.29) is 0 Å². The quantitative estimate of drug-likeness (QED) is 0.759. The Kier molecular flexibility index (Phi) is 4.31. The van der Waals surface area contributed by atoms with Crippen molar-refractivity contribution in [1.29, 1.82) is 0 Å². The van der Waals surface area contributed by atoms with Gasteiger partial charge in [0, 0.05) is 32.1 Å². The van der Waals surface area contributed by atoms with Gasteiger partial charge in [-0.15, -0.1) is 0 Å². The van der Waals surface area contributed by atoms with Crippen LogP contribution in [0.25, 0.3) is 0 Å². The summed E-state index contributed by atoms with van der Waals surface area (Å²) < 4.78 is 5.67. The van der Waals surface area contributed by atoms with Gasteiger partial charge in [-0.3, -0.25) is 9.88 Å². The molecule has 0 unspecified atom stereocenters. The topological polar surface area (TPSA) is 25.4 Å². The molecule has 3 nitrogen and oxygen atoms in total. The van der Waals surface area contributed by atoms with Crippen LogP contribution >= 0.6 is 0 Å². The van der Waals surface area contributed by atoms with Gasteiger partial charge in [0.2, 0.25) is 0 Å². The summed E-state index contributed by atoms with van der Waals surface area (Å²) in [4.78, 5) is 6.57. The Morgan fingerprint density at radius 2 is 2.50 bits per heavy atom. The zero-order valence-corrected chi connectivity index (χ0v) is 9.93. The molecule has 1 aromatic rings. The number of pyridine rings is 1. The first-order chi connectivity index (χ1) is 7.88. The Morgan fingerprint density at radius 1 is 1.56 bits per heavy atom. The first-order valence-electron chi connectivity index (χ1n) is 6.11. The van der Waals surface area contributed by atoms with Gasteiger partial charge in [0.05, 0.1) is 6.10 Å². The molecule has 1 fully saturated rings. The summed E-state index contributed by atoms with van der Waals surface area (Å²) in [6.07, 6.45) is 6.63. The van der Waals surface area contributed by atoms with Crippen molar-refractivity contribution in [2.24, 2.45) is 0 Å². The summed E-state index contributed by atoms with van der Waals surface area (Å²) in [6.45, 7) is 6.23. The molecule has 0 saturated carbocycles. The normalized spacial score (nSPS) is 20.5. The Labute approximate surface area is 97.4 Å². The first-order valence-corrected chi connectivity index (χ1v) is 6.11. The maximum absolute atomic E-state index is 5.67. The maximum Gasteiger partial charge on any atom is 0.0702 e. The van der Waals surface area contributed by atoms with Crippen molar-refractivity contribution >= 4 is 0 Å². The fourth-order valence-corrected chi connectivity index (χ4v) is 2.13. The van der Waals surface area contributed by atoms with Crippen molar-refractivity contribution in [2.45, 2.75) is 32.4 Å². The van der Waals surface area contributed by atoms with Crippen LogP contribution in [-0.4, -0.2) is 35.7 Å². The lowest BCUT2D eigenvalue weighted by atomic mass is 10.2. The zero-order chi connectivity index (χ0) is 11.2. The molecule has 0 amide bonds. The number of rotatable bonds is 5. The summed E-state index contributed by atoms with van der Waals surface area (Å²) in [7, 11) is 0. The van der Waals surface area contributed by atoms with E-state index in [9.17, 15) is 0 Å². The molecule has 2 rings (SSSR count). The van der Waals surface area contributed by atoms with Crippen molar-refractivity contribution in [1.82, 2.24) is 9.88 Å². The van der Waals surface area contributed by atoms with E-state index in [1.54, 1.807) is 0 Å². The highest BCUT2D eigenvalue weighted by molar-refractivity contribution is 5.08. The van der Waals surface area contributed by atoms with Gasteiger partial charge in [-0.1, -0.05) is 13.0 Å². The molecule has 1 aromatic heterocycles. The first kappa shape index (κ1) is 11.6. The number of ether oxygens (including phenoxy) is 1. The van der Waals surface area contributed by atoms with Gasteiger partial charge < -0.3 is 4.74 Å². The lowest BCUT2D eigenvalue weighted by Crippen LogP contribution is -2.31. The number of aromatic nitrogens is 1. The van der Waals surface area contributed by atoms with E-state index in [0.717, 1.165) is 26.2 Å². The lowest BCUT2D eigenvalue weighted by Gasteiger charge is -2.23. The van der Waals surface area contributed by atoms with E-state index in [4.69, 9.17) is 4.74 Å². The number of hydrogen-bond acceptors (Lipinski definition) is 3. The number of likely N-dealkylation sites (N-methyl/N-ethyl adjacent to an activating group) is 1. The minimum Gasteiger partial charge on any atom is -0.377 e. The van der Waals surface area contributed by atoms with E-state index in [1.807, 2.05) is 18.5 Å². The molecule has 2 heterocycles. The predicted molar refractivity (Wildman–Crippen MR) is 64.2 cm³/mol. The van der Waals surface area contributed by atoms with Crippen LogP contribution < -0.4 is 0 Å². The molecular formula is C13H20N2O. The summed E-state index contributed by atoms with van der Waals surface area (Å²) in [5, 5.41) is 0. The molecule has 1 aliphatic rings. The van der Waals surface area contributed by atoms with Crippen LogP contribution in [0.15, 0.2) is 24.5 Å². The van der Waals surface area contributed by atoms with Crippen molar-refractivity contribution in [2.75, 3.05) is 19.7 Å². The molecule has 1 aliphatic heterocycles. The molecule has 0 radical (unpaired) electrons. The molecule has 0 spiro atoms. The summed E-state index contributed by atoms with van der Waals surface area (Å²) in [5.41, 5.74) is 1.28. The predicted octanol–water partition coefficient (Wildman–Crippen LogP) is 2.08. The fraction of sp³-hybridized carbons (Fsp3) is 0.615. The third-order valence-electron chi connectivity index (χ3n) is 3.06. The van der Waals surface area contributed by atoms with E-state index >= 15 is 0 Å². The third-order valence-corrected chi connectivity index (χ3v) is 3.06. The summed E-state index contributed by atoms with van der Waals surface area (Å²) in [6, 6.07) is 4.13. The minimum absolute atomic E-state index is 0.441. The van der Waals surface area contributed by atoms with Gasteiger partial charge in [0.1, 0.15) is 0 Å². The smallest absolute Gasteiger partial charge is 0.0702 e. The minimum atomic E-state index is 0.441.